The van der Waals surface area contributed by atoms with Crippen molar-refractivity contribution in [2.75, 3.05) is 20.0 Å². The van der Waals surface area contributed by atoms with Crippen LogP contribution in [0, 0.1) is 83.1 Å². The predicted octanol–water partition coefficient (Wildman–Crippen LogP) is 33.2. The maximum atomic E-state index is 7.38. The quantitative estimate of drug-likeness (QED) is 0.0821. The van der Waals surface area contributed by atoms with Crippen LogP contribution < -0.4 is 20.0 Å². The molecule has 0 spiro atoms. The highest BCUT2D eigenvalue weighted by molar-refractivity contribution is 6.31. The van der Waals surface area contributed by atoms with Crippen LogP contribution in [0.3, 0.4) is 0 Å². The third kappa shape index (κ3) is 15.7. The summed E-state index contributed by atoms with van der Waals surface area (Å²) in [5.41, 5.74) is 46.5. The maximum absolute atomic E-state index is 7.38. The van der Waals surface area contributed by atoms with Crippen LogP contribution in [-0.2, 0) is 0 Å². The Morgan fingerprint density at radius 1 is 0.185 bits per heavy atom. The van der Waals surface area contributed by atoms with Crippen molar-refractivity contribution in [3.05, 3.63) is 436 Å². The van der Waals surface area contributed by atoms with Gasteiger partial charge in [0.2, 0.25) is 0 Å². The Balaban J connectivity index is 0.851. The smallest absolute Gasteiger partial charge is 0.0618 e. The minimum Gasteiger partial charge on any atom is -0.355 e. The van der Waals surface area contributed by atoms with Gasteiger partial charge in [0, 0.05) is 73.0 Å². The Bertz CT molecular complexity index is 6370. The van der Waals surface area contributed by atoms with Crippen molar-refractivity contribution >= 4 is 74.2 Å². The lowest BCUT2D eigenvalue weighted by atomic mass is 9.85. The summed E-state index contributed by atoms with van der Waals surface area (Å²) in [5.74, 6) is 0. The summed E-state index contributed by atoms with van der Waals surface area (Å²) in [6.07, 6.45) is 0. The van der Waals surface area contributed by atoms with Gasteiger partial charge in [0.1, 0.15) is 0 Å². The minimum atomic E-state index is 0.631. The highest BCUT2D eigenvalue weighted by Gasteiger charge is 2.29. The molecule has 0 saturated carbocycles. The molecule has 5 heteroatoms. The molecular formula is C114H97ClN4. The monoisotopic (exact) mass is 1560 g/mol. The number of nitrogens with zero attached hydrogens (tertiary/aromatic N) is 3. The predicted molar refractivity (Wildman–Crippen MR) is 511 cm³/mol. The molecule has 580 valence electrons. The van der Waals surface area contributed by atoms with E-state index >= 15 is 0 Å². The molecule has 1 N–H and O–H groups in total. The molecule has 0 aromatic heterocycles. The average molecular weight is 1560 g/mol. The molecule has 0 heterocycles. The Labute approximate surface area is 708 Å². The van der Waals surface area contributed by atoms with Gasteiger partial charge in [-0.05, 0) is 366 Å². The van der Waals surface area contributed by atoms with Crippen LogP contribution in [0.5, 0.6) is 0 Å². The van der Waals surface area contributed by atoms with Crippen LogP contribution in [0.25, 0.3) is 100 Å². The summed E-state index contributed by atoms with van der Waals surface area (Å²) < 4.78 is 0. The molecule has 0 radical (unpaired) electrons. The van der Waals surface area contributed by atoms with E-state index in [1.54, 1.807) is 0 Å². The lowest BCUT2D eigenvalue weighted by molar-refractivity contribution is 1.24. The Kier molecular flexibility index (Phi) is 21.9. The van der Waals surface area contributed by atoms with Crippen LogP contribution in [0.15, 0.2) is 364 Å². The van der Waals surface area contributed by atoms with Crippen molar-refractivity contribution < 1.29 is 0 Å². The van der Waals surface area contributed by atoms with Gasteiger partial charge in [-0.25, -0.2) is 0 Å². The first kappa shape index (κ1) is 77.8. The molecule has 0 amide bonds. The van der Waals surface area contributed by atoms with E-state index in [4.69, 9.17) is 11.6 Å². The zero-order valence-electron chi connectivity index (χ0n) is 69.9. The van der Waals surface area contributed by atoms with Crippen LogP contribution in [-0.4, -0.2) is 0 Å². The van der Waals surface area contributed by atoms with E-state index < -0.39 is 0 Å². The van der Waals surface area contributed by atoms with Crippen molar-refractivity contribution in [1.82, 2.24) is 0 Å². The standard InChI is InChI=1S/C114H97ClN4/c1-73-28-22-29-74(2)108(73)87-47-55-97(56-48-87)117(102-65-92(111-79(7)34-25-35-80(111)8)64-96(71-102)116-95-43-20-15-21-44-95)98-61-53-90(54-62-98)113-83(11)46-63-105(84(113)12)91-68-106(85-38-16-13-17-39-85)114(107(69-91)86-40-18-14-19-41-86)119(101-45-27-42-94(115)70-101)104-67-93(112-81(9)36-26-37-82(112)10)66-103(72-104)118(99-57-49-88(50-58-99)109-75(3)30-23-31-76(109)4)100-59-51-89(52-60-100)110-77(5)32-24-33-78(110)6/h13-72,116H,1-12H3. The molecule has 0 saturated heterocycles. The summed E-state index contributed by atoms with van der Waals surface area (Å²) in [6, 6.07) is 134. The fourth-order valence-corrected chi connectivity index (χ4v) is 18.5. The third-order valence-electron chi connectivity index (χ3n) is 23.9. The van der Waals surface area contributed by atoms with Crippen LogP contribution in [0.4, 0.5) is 62.6 Å². The highest BCUT2D eigenvalue weighted by atomic mass is 35.5. The summed E-state index contributed by atoms with van der Waals surface area (Å²) >= 11 is 7.38. The molecule has 0 atom stereocenters. The van der Waals surface area contributed by atoms with E-state index in [1.165, 1.54) is 117 Å². The first-order valence-electron chi connectivity index (χ1n) is 41.3. The van der Waals surface area contributed by atoms with E-state index in [-0.39, 0.29) is 0 Å². The Morgan fingerprint density at radius 2 is 0.504 bits per heavy atom. The lowest BCUT2D eigenvalue weighted by Crippen LogP contribution is -2.15. The fourth-order valence-electron chi connectivity index (χ4n) is 18.3. The Hall–Kier alpha value is -13.8. The maximum Gasteiger partial charge on any atom is 0.0618 e. The van der Waals surface area contributed by atoms with Crippen molar-refractivity contribution in [3.8, 4) is 100 Å². The second-order valence-electron chi connectivity index (χ2n) is 32.1. The molecule has 17 aromatic carbocycles. The van der Waals surface area contributed by atoms with E-state index in [0.29, 0.717) is 5.02 Å². The van der Waals surface area contributed by atoms with Gasteiger partial charge in [0.05, 0.1) is 5.69 Å². The highest BCUT2D eigenvalue weighted by Crippen LogP contribution is 2.53. The summed E-state index contributed by atoms with van der Waals surface area (Å²) in [5, 5.41) is 4.44. The minimum absolute atomic E-state index is 0.631. The van der Waals surface area contributed by atoms with Gasteiger partial charge >= 0.3 is 0 Å². The number of anilines is 11. The number of rotatable bonds is 20. The van der Waals surface area contributed by atoms with Gasteiger partial charge in [-0.15, -0.1) is 0 Å². The molecule has 0 aliphatic heterocycles. The van der Waals surface area contributed by atoms with Gasteiger partial charge in [-0.3, -0.25) is 0 Å². The fraction of sp³-hybridized carbons (Fsp3) is 0.105. The number of hydrogen-bond donors (Lipinski definition) is 1. The SMILES string of the molecule is Cc1cccc(C)c1-c1ccc(N(c2ccc(-c3c(C)ccc(-c4cc(-c5ccccc5)c(N(c5cccc(Cl)c5)c5cc(-c6c(C)cccc6C)cc(N(c6ccc(-c7c(C)cccc7C)cc6)c6ccc(-c7c(C)cccc7C)cc6)c5)c(-c5ccccc5)c4)c3C)cc2)c2cc(Nc3ccccc3)cc(-c3c(C)cccc3C)c2)cc1. The lowest BCUT2D eigenvalue weighted by Gasteiger charge is -2.33. The average Bonchev–Trinajstić information content (AvgIpc) is 0.738. The molecule has 0 aliphatic rings. The van der Waals surface area contributed by atoms with Gasteiger partial charge in [-0.2, -0.15) is 0 Å². The number of aryl methyl sites for hydroxylation is 11. The van der Waals surface area contributed by atoms with Gasteiger partial charge in [0.25, 0.3) is 0 Å². The van der Waals surface area contributed by atoms with E-state index in [0.717, 1.165) is 113 Å². The molecule has 119 heavy (non-hydrogen) atoms. The summed E-state index contributed by atoms with van der Waals surface area (Å²) in [7, 11) is 0. The largest absolute Gasteiger partial charge is 0.355 e. The Morgan fingerprint density at radius 3 is 0.882 bits per heavy atom. The van der Waals surface area contributed by atoms with E-state index in [2.05, 4.69) is 461 Å². The van der Waals surface area contributed by atoms with E-state index in [1.807, 2.05) is 6.07 Å². The number of benzene rings is 17. The molecule has 0 aliphatic carbocycles. The second kappa shape index (κ2) is 33.4. The molecule has 17 rings (SSSR count). The zero-order valence-corrected chi connectivity index (χ0v) is 70.6. The molecule has 4 nitrogen and oxygen atoms in total. The molecule has 0 bridgehead atoms. The summed E-state index contributed by atoms with van der Waals surface area (Å²) in [6.45, 7) is 26.7. The molecule has 17 aromatic rings. The first-order valence-corrected chi connectivity index (χ1v) is 41.7. The van der Waals surface area contributed by atoms with Gasteiger partial charge in [-0.1, -0.05) is 248 Å². The van der Waals surface area contributed by atoms with Gasteiger partial charge < -0.3 is 20.0 Å². The molecular weight excluding hydrogens is 1460 g/mol. The van der Waals surface area contributed by atoms with Crippen molar-refractivity contribution in [1.29, 1.82) is 0 Å². The van der Waals surface area contributed by atoms with Crippen molar-refractivity contribution in [3.63, 3.8) is 0 Å². The van der Waals surface area contributed by atoms with Crippen molar-refractivity contribution in [2.24, 2.45) is 0 Å². The number of para-hydroxylation sites is 1. The van der Waals surface area contributed by atoms with Crippen LogP contribution in [0.1, 0.15) is 66.8 Å². The number of hydrogen-bond acceptors (Lipinski definition) is 4. The van der Waals surface area contributed by atoms with Crippen molar-refractivity contribution in [2.45, 2.75) is 83.1 Å². The van der Waals surface area contributed by atoms with Crippen LogP contribution >= 0.6 is 11.6 Å². The van der Waals surface area contributed by atoms with Gasteiger partial charge in [0.15, 0.2) is 0 Å². The summed E-state index contributed by atoms with van der Waals surface area (Å²) in [4.78, 5) is 7.34. The normalized spacial score (nSPS) is 11.2. The first-order chi connectivity index (χ1) is 57.9. The topological polar surface area (TPSA) is 21.8 Å². The third-order valence-corrected chi connectivity index (χ3v) is 24.1. The molecule has 0 fully saturated rings. The number of nitrogens with one attached hydrogen (secondary N) is 1. The second-order valence-corrected chi connectivity index (χ2v) is 32.5. The molecule has 0 unspecified atom stereocenters. The van der Waals surface area contributed by atoms with E-state index in [9.17, 15) is 0 Å². The van der Waals surface area contributed by atoms with Crippen LogP contribution in [0.2, 0.25) is 5.02 Å². The zero-order chi connectivity index (χ0) is 82.1. The number of halogens is 1.